The topological polar surface area (TPSA) is 71.5 Å². The third kappa shape index (κ3) is 3.59. The number of nitrogens with one attached hydrogen (secondary N) is 1. The summed E-state index contributed by atoms with van der Waals surface area (Å²) < 4.78 is 32.2. The van der Waals surface area contributed by atoms with Gasteiger partial charge in [0, 0.05) is 38.5 Å². The molecule has 2 aliphatic heterocycles. The second-order valence-electron chi connectivity index (χ2n) is 5.89. The van der Waals surface area contributed by atoms with Gasteiger partial charge in [-0.05, 0) is 37.8 Å². The molecule has 1 aromatic heterocycles. The maximum atomic E-state index is 12.6. The summed E-state index contributed by atoms with van der Waals surface area (Å²) >= 11 is 0. The van der Waals surface area contributed by atoms with E-state index in [1.807, 2.05) is 18.2 Å². The number of hydrogen-bond donors (Lipinski definition) is 1. The van der Waals surface area contributed by atoms with Crippen LogP contribution in [0.4, 0.5) is 5.82 Å². The van der Waals surface area contributed by atoms with Crippen molar-refractivity contribution in [3.63, 3.8) is 0 Å². The number of nitrogens with zero attached hydrogens (tertiary/aromatic N) is 2. The van der Waals surface area contributed by atoms with Gasteiger partial charge in [0.05, 0.1) is 5.25 Å². The van der Waals surface area contributed by atoms with Crippen LogP contribution in [-0.4, -0.2) is 55.3 Å². The Hall–Kier alpha value is -1.18. The number of hydrogen-bond acceptors (Lipinski definition) is 5. The SMILES string of the molecule is O=S(=O)(C1CCOCC1)N1CCC(Nc2ccccn2)CC1. The van der Waals surface area contributed by atoms with Crippen molar-refractivity contribution in [2.75, 3.05) is 31.6 Å². The maximum absolute atomic E-state index is 12.6. The lowest BCUT2D eigenvalue weighted by atomic mass is 10.1. The molecule has 2 saturated heterocycles. The maximum Gasteiger partial charge on any atom is 0.217 e. The average Bonchev–Trinajstić information content (AvgIpc) is 2.57. The van der Waals surface area contributed by atoms with Gasteiger partial charge < -0.3 is 10.1 Å². The molecule has 3 rings (SSSR count). The van der Waals surface area contributed by atoms with Crippen molar-refractivity contribution in [1.82, 2.24) is 9.29 Å². The molecule has 1 aromatic rings. The van der Waals surface area contributed by atoms with E-state index in [4.69, 9.17) is 4.74 Å². The van der Waals surface area contributed by atoms with Crippen LogP contribution in [0.5, 0.6) is 0 Å². The van der Waals surface area contributed by atoms with E-state index in [-0.39, 0.29) is 11.3 Å². The van der Waals surface area contributed by atoms with Gasteiger partial charge >= 0.3 is 0 Å². The molecule has 122 valence electrons. The number of ether oxygens (including phenoxy) is 1. The second-order valence-corrected chi connectivity index (χ2v) is 8.10. The van der Waals surface area contributed by atoms with Gasteiger partial charge in [-0.15, -0.1) is 0 Å². The molecule has 0 spiro atoms. The van der Waals surface area contributed by atoms with Crippen LogP contribution in [0.1, 0.15) is 25.7 Å². The van der Waals surface area contributed by atoms with Crippen LogP contribution >= 0.6 is 0 Å². The van der Waals surface area contributed by atoms with E-state index in [2.05, 4.69) is 10.3 Å². The molecule has 2 fully saturated rings. The van der Waals surface area contributed by atoms with Crippen LogP contribution in [0, 0.1) is 0 Å². The van der Waals surface area contributed by atoms with Gasteiger partial charge in [0.1, 0.15) is 5.82 Å². The van der Waals surface area contributed by atoms with E-state index in [0.717, 1.165) is 18.7 Å². The first-order chi connectivity index (χ1) is 10.7. The van der Waals surface area contributed by atoms with E-state index in [1.165, 1.54) is 0 Å². The predicted molar refractivity (Wildman–Crippen MR) is 85.2 cm³/mol. The highest BCUT2D eigenvalue weighted by molar-refractivity contribution is 7.89. The van der Waals surface area contributed by atoms with Gasteiger partial charge in [0.15, 0.2) is 0 Å². The summed E-state index contributed by atoms with van der Waals surface area (Å²) in [6.07, 6.45) is 4.63. The summed E-state index contributed by atoms with van der Waals surface area (Å²) in [5.41, 5.74) is 0. The molecule has 2 aliphatic rings. The van der Waals surface area contributed by atoms with Gasteiger partial charge in [0.2, 0.25) is 10.0 Å². The molecular formula is C15H23N3O3S. The van der Waals surface area contributed by atoms with Gasteiger partial charge in [-0.3, -0.25) is 0 Å². The molecule has 0 amide bonds. The van der Waals surface area contributed by atoms with Gasteiger partial charge in [-0.2, -0.15) is 0 Å². The standard InChI is InChI=1S/C15H23N3O3S/c19-22(20,14-6-11-21-12-7-14)18-9-4-13(5-10-18)17-15-3-1-2-8-16-15/h1-3,8,13-14H,4-7,9-12H2,(H,16,17). The third-order valence-electron chi connectivity index (χ3n) is 4.42. The number of anilines is 1. The van der Waals surface area contributed by atoms with Crippen LogP contribution in [-0.2, 0) is 14.8 Å². The van der Waals surface area contributed by atoms with Crippen LogP contribution < -0.4 is 5.32 Å². The van der Waals surface area contributed by atoms with E-state index < -0.39 is 10.0 Å². The highest BCUT2D eigenvalue weighted by atomic mass is 32.2. The highest BCUT2D eigenvalue weighted by Crippen LogP contribution is 2.24. The van der Waals surface area contributed by atoms with Crippen molar-refractivity contribution in [3.05, 3.63) is 24.4 Å². The monoisotopic (exact) mass is 325 g/mol. The zero-order chi connectivity index (χ0) is 15.4. The van der Waals surface area contributed by atoms with Crippen molar-refractivity contribution < 1.29 is 13.2 Å². The van der Waals surface area contributed by atoms with Crippen molar-refractivity contribution in [2.45, 2.75) is 37.0 Å². The molecular weight excluding hydrogens is 302 g/mol. The summed E-state index contributed by atoms with van der Waals surface area (Å²) in [6.45, 7) is 2.29. The molecule has 6 nitrogen and oxygen atoms in total. The van der Waals surface area contributed by atoms with Gasteiger partial charge in [-0.1, -0.05) is 6.07 Å². The smallest absolute Gasteiger partial charge is 0.217 e. The number of piperidine rings is 1. The minimum Gasteiger partial charge on any atom is -0.381 e. The Balaban J connectivity index is 1.54. The van der Waals surface area contributed by atoms with Crippen molar-refractivity contribution in [1.29, 1.82) is 0 Å². The van der Waals surface area contributed by atoms with Crippen LogP contribution in [0.15, 0.2) is 24.4 Å². The lowest BCUT2D eigenvalue weighted by molar-refractivity contribution is 0.0969. The molecule has 22 heavy (non-hydrogen) atoms. The summed E-state index contributed by atoms with van der Waals surface area (Å²) in [7, 11) is -3.17. The summed E-state index contributed by atoms with van der Waals surface area (Å²) in [5.74, 6) is 0.855. The fourth-order valence-electron chi connectivity index (χ4n) is 3.10. The molecule has 0 atom stereocenters. The fourth-order valence-corrected chi connectivity index (χ4v) is 5.03. The molecule has 1 N–H and O–H groups in total. The van der Waals surface area contributed by atoms with E-state index in [1.54, 1.807) is 10.5 Å². The first kappa shape index (κ1) is 15.7. The van der Waals surface area contributed by atoms with E-state index in [9.17, 15) is 8.42 Å². The van der Waals surface area contributed by atoms with E-state index >= 15 is 0 Å². The molecule has 0 aromatic carbocycles. The zero-order valence-electron chi connectivity index (χ0n) is 12.6. The number of aromatic nitrogens is 1. The number of pyridine rings is 1. The quantitative estimate of drug-likeness (QED) is 0.907. The molecule has 0 saturated carbocycles. The first-order valence-electron chi connectivity index (χ1n) is 7.90. The summed E-state index contributed by atoms with van der Waals surface area (Å²) in [5, 5.41) is 3.12. The predicted octanol–water partition coefficient (Wildman–Crippen LogP) is 1.47. The average molecular weight is 325 g/mol. The van der Waals surface area contributed by atoms with E-state index in [0.29, 0.717) is 39.1 Å². The molecule has 0 aliphatic carbocycles. The lowest BCUT2D eigenvalue weighted by Gasteiger charge is -2.35. The van der Waals surface area contributed by atoms with Crippen LogP contribution in [0.2, 0.25) is 0 Å². The molecule has 0 radical (unpaired) electrons. The summed E-state index contributed by atoms with van der Waals surface area (Å²) in [4.78, 5) is 4.26. The Kier molecular flexibility index (Phi) is 4.95. The highest BCUT2D eigenvalue weighted by Gasteiger charge is 2.35. The largest absolute Gasteiger partial charge is 0.381 e. The Morgan fingerprint density at radius 2 is 1.86 bits per heavy atom. The minimum absolute atomic E-state index is 0.262. The van der Waals surface area contributed by atoms with Gasteiger partial charge in [-0.25, -0.2) is 17.7 Å². The van der Waals surface area contributed by atoms with Crippen LogP contribution in [0.3, 0.4) is 0 Å². The molecule has 3 heterocycles. The Labute approximate surface area is 131 Å². The van der Waals surface area contributed by atoms with Crippen molar-refractivity contribution in [3.8, 4) is 0 Å². The third-order valence-corrected chi connectivity index (χ3v) is 6.82. The second kappa shape index (κ2) is 6.93. The van der Waals surface area contributed by atoms with Crippen LogP contribution in [0.25, 0.3) is 0 Å². The first-order valence-corrected chi connectivity index (χ1v) is 9.41. The number of rotatable bonds is 4. The van der Waals surface area contributed by atoms with Crippen molar-refractivity contribution >= 4 is 15.8 Å². The molecule has 0 bridgehead atoms. The fraction of sp³-hybridized carbons (Fsp3) is 0.667. The molecule has 0 unspecified atom stereocenters. The molecule has 7 heteroatoms. The number of sulfonamides is 1. The Bertz CT molecular complexity index is 565. The lowest BCUT2D eigenvalue weighted by Crippen LogP contribution is -2.47. The Morgan fingerprint density at radius 3 is 2.50 bits per heavy atom. The van der Waals surface area contributed by atoms with Crippen molar-refractivity contribution in [2.24, 2.45) is 0 Å². The normalized spacial score (nSPS) is 22.5. The Morgan fingerprint density at radius 1 is 1.14 bits per heavy atom. The summed E-state index contributed by atoms with van der Waals surface area (Å²) in [6, 6.07) is 6.05. The minimum atomic E-state index is -3.17. The zero-order valence-corrected chi connectivity index (χ0v) is 13.5. The van der Waals surface area contributed by atoms with Gasteiger partial charge in [0.25, 0.3) is 0 Å².